The molecule has 35 heavy (non-hydrogen) atoms. The highest BCUT2D eigenvalue weighted by molar-refractivity contribution is 7.10. The highest BCUT2D eigenvalue weighted by atomic mass is 35.5. The molecule has 0 spiro atoms. The molecule has 0 unspecified atom stereocenters. The lowest BCUT2D eigenvalue weighted by Gasteiger charge is -2.31. The second kappa shape index (κ2) is 11.1. The second-order valence-electron chi connectivity index (χ2n) is 8.56. The van der Waals surface area contributed by atoms with E-state index in [0.717, 1.165) is 23.4 Å². The molecule has 1 aliphatic heterocycles. The van der Waals surface area contributed by atoms with Crippen LogP contribution < -0.4 is 14.8 Å². The molecule has 2 aromatic carbocycles. The average Bonchev–Trinajstić information content (AvgIpc) is 3.35. The first-order valence-corrected chi connectivity index (χ1v) is 12.7. The van der Waals surface area contributed by atoms with Gasteiger partial charge < -0.3 is 19.7 Å². The molecule has 0 radical (unpaired) electrons. The number of piperidine rings is 1. The van der Waals surface area contributed by atoms with Crippen molar-refractivity contribution in [3.8, 4) is 11.5 Å². The molecule has 2 heterocycles. The van der Waals surface area contributed by atoms with Crippen LogP contribution in [-0.2, 0) is 4.79 Å². The van der Waals surface area contributed by atoms with E-state index in [1.807, 2.05) is 36.9 Å². The Morgan fingerprint density at radius 2 is 1.91 bits per heavy atom. The first-order chi connectivity index (χ1) is 16.8. The van der Waals surface area contributed by atoms with Gasteiger partial charge in [-0.15, -0.1) is 11.3 Å². The second-order valence-corrected chi connectivity index (χ2v) is 9.86. The van der Waals surface area contributed by atoms with Gasteiger partial charge in [0.1, 0.15) is 17.2 Å². The summed E-state index contributed by atoms with van der Waals surface area (Å²) in [6.45, 7) is 5.39. The lowest BCUT2D eigenvalue weighted by atomic mass is 9.97. The van der Waals surface area contributed by atoms with Crippen molar-refractivity contribution in [2.45, 2.75) is 32.6 Å². The van der Waals surface area contributed by atoms with Crippen molar-refractivity contribution in [1.29, 1.82) is 0 Å². The molecule has 0 bridgehead atoms. The van der Waals surface area contributed by atoms with Crippen molar-refractivity contribution in [1.82, 2.24) is 9.88 Å². The maximum atomic E-state index is 12.6. The van der Waals surface area contributed by atoms with Crippen molar-refractivity contribution in [3.05, 3.63) is 68.6 Å². The zero-order chi connectivity index (χ0) is 24.9. The number of amides is 2. The number of hydrogen-bond acceptors (Lipinski definition) is 6. The van der Waals surface area contributed by atoms with E-state index in [-0.39, 0.29) is 24.3 Å². The quantitative estimate of drug-likeness (QED) is 0.453. The van der Waals surface area contributed by atoms with Gasteiger partial charge in [-0.2, -0.15) is 0 Å². The number of halogens is 1. The van der Waals surface area contributed by atoms with Gasteiger partial charge in [0.2, 0.25) is 0 Å². The van der Waals surface area contributed by atoms with Gasteiger partial charge in [-0.3, -0.25) is 9.59 Å². The molecule has 0 saturated carbocycles. The summed E-state index contributed by atoms with van der Waals surface area (Å²) in [5, 5.41) is 5.93. The SMILES string of the molecule is COc1ccc(NC(=O)c2csc(C3CCN(C(=O)COc4ccc(C)c(C)c4)CC3)n2)cc1Cl. The number of likely N-dealkylation sites (tertiary alicyclic amines) is 1. The summed E-state index contributed by atoms with van der Waals surface area (Å²) in [5.41, 5.74) is 3.28. The largest absolute Gasteiger partial charge is 0.495 e. The van der Waals surface area contributed by atoms with Crippen molar-refractivity contribution < 1.29 is 19.1 Å². The van der Waals surface area contributed by atoms with Crippen molar-refractivity contribution in [2.75, 3.05) is 32.1 Å². The Bertz CT molecular complexity index is 1220. The Labute approximate surface area is 214 Å². The Hall–Kier alpha value is -3.10. The fraction of sp³-hybridized carbons (Fsp3) is 0.346. The lowest BCUT2D eigenvalue weighted by Crippen LogP contribution is -2.40. The topological polar surface area (TPSA) is 80.8 Å². The van der Waals surface area contributed by atoms with E-state index >= 15 is 0 Å². The lowest BCUT2D eigenvalue weighted by molar-refractivity contribution is -0.134. The van der Waals surface area contributed by atoms with E-state index in [4.69, 9.17) is 21.1 Å². The maximum Gasteiger partial charge on any atom is 0.275 e. The number of nitrogens with zero attached hydrogens (tertiary/aromatic N) is 2. The minimum atomic E-state index is -0.287. The smallest absolute Gasteiger partial charge is 0.275 e. The van der Waals surface area contributed by atoms with Crippen LogP contribution in [-0.4, -0.2) is 48.5 Å². The van der Waals surface area contributed by atoms with E-state index < -0.39 is 0 Å². The Kier molecular flexibility index (Phi) is 7.93. The highest BCUT2D eigenvalue weighted by Gasteiger charge is 2.26. The number of carbonyl (C=O) groups excluding carboxylic acids is 2. The standard InChI is InChI=1S/C26H28ClN3O4S/c1-16-4-6-20(12-17(16)2)34-14-24(31)30-10-8-18(9-11-30)26-29-22(15-35-26)25(32)28-19-5-7-23(33-3)21(27)13-19/h4-7,12-13,15,18H,8-11,14H2,1-3H3,(H,28,32). The number of nitrogens with one attached hydrogen (secondary N) is 1. The van der Waals surface area contributed by atoms with Crippen LogP contribution in [0.4, 0.5) is 5.69 Å². The van der Waals surface area contributed by atoms with E-state index in [1.54, 1.807) is 23.6 Å². The molecule has 0 atom stereocenters. The van der Waals surface area contributed by atoms with Crippen LogP contribution in [0, 0.1) is 13.8 Å². The van der Waals surface area contributed by atoms with Crippen molar-refractivity contribution in [3.63, 3.8) is 0 Å². The summed E-state index contributed by atoms with van der Waals surface area (Å²) in [7, 11) is 1.54. The van der Waals surface area contributed by atoms with Gasteiger partial charge in [-0.1, -0.05) is 17.7 Å². The number of hydrogen-bond donors (Lipinski definition) is 1. The number of rotatable bonds is 7. The fourth-order valence-corrected chi connectivity index (χ4v) is 5.16. The summed E-state index contributed by atoms with van der Waals surface area (Å²) in [6, 6.07) is 10.9. The van der Waals surface area contributed by atoms with Gasteiger partial charge in [0, 0.05) is 30.1 Å². The molecule has 7 nitrogen and oxygen atoms in total. The van der Waals surface area contributed by atoms with Crippen LogP contribution in [0.2, 0.25) is 5.02 Å². The molecular formula is C26H28ClN3O4S. The van der Waals surface area contributed by atoms with Crippen LogP contribution in [0.5, 0.6) is 11.5 Å². The third kappa shape index (κ3) is 6.13. The van der Waals surface area contributed by atoms with E-state index in [1.165, 1.54) is 24.0 Å². The normalized spacial score (nSPS) is 14.0. The van der Waals surface area contributed by atoms with Gasteiger partial charge in [0.15, 0.2) is 6.61 Å². The minimum absolute atomic E-state index is 0.0148. The van der Waals surface area contributed by atoms with Crippen LogP contribution >= 0.6 is 22.9 Å². The molecule has 0 aliphatic carbocycles. The summed E-state index contributed by atoms with van der Waals surface area (Å²) >= 11 is 7.61. The van der Waals surface area contributed by atoms with Gasteiger partial charge in [-0.05, 0) is 68.1 Å². The molecule has 4 rings (SSSR count). The molecule has 1 aromatic heterocycles. The van der Waals surface area contributed by atoms with Crippen molar-refractivity contribution in [2.24, 2.45) is 0 Å². The Morgan fingerprint density at radius 1 is 1.14 bits per heavy atom. The molecule has 1 N–H and O–H groups in total. The summed E-state index contributed by atoms with van der Waals surface area (Å²) in [6.07, 6.45) is 1.61. The number of carbonyl (C=O) groups is 2. The maximum absolute atomic E-state index is 12.6. The number of aromatic nitrogens is 1. The summed E-state index contributed by atoms with van der Waals surface area (Å²) < 4.78 is 10.8. The van der Waals surface area contributed by atoms with E-state index in [0.29, 0.717) is 41.0 Å². The van der Waals surface area contributed by atoms with Crippen LogP contribution in [0.25, 0.3) is 0 Å². The van der Waals surface area contributed by atoms with E-state index in [9.17, 15) is 9.59 Å². The predicted molar refractivity (Wildman–Crippen MR) is 138 cm³/mol. The number of ether oxygens (including phenoxy) is 2. The van der Waals surface area contributed by atoms with Crippen LogP contribution in [0.15, 0.2) is 41.8 Å². The Morgan fingerprint density at radius 3 is 2.60 bits per heavy atom. The van der Waals surface area contributed by atoms with Gasteiger partial charge >= 0.3 is 0 Å². The molecule has 1 aliphatic rings. The molecule has 2 amide bonds. The number of benzene rings is 2. The van der Waals surface area contributed by atoms with Crippen LogP contribution in [0.1, 0.15) is 45.4 Å². The zero-order valence-electron chi connectivity index (χ0n) is 20.0. The molecule has 3 aromatic rings. The van der Waals surface area contributed by atoms with Crippen LogP contribution in [0.3, 0.4) is 0 Å². The van der Waals surface area contributed by atoms with Gasteiger partial charge in [-0.25, -0.2) is 4.98 Å². The molecule has 1 saturated heterocycles. The molecule has 184 valence electrons. The first kappa shape index (κ1) is 25.0. The van der Waals surface area contributed by atoms with Crippen molar-refractivity contribution >= 4 is 40.4 Å². The van der Waals surface area contributed by atoms with Gasteiger partial charge in [0.05, 0.1) is 17.1 Å². The minimum Gasteiger partial charge on any atom is -0.495 e. The average molecular weight is 514 g/mol. The third-order valence-corrected chi connectivity index (χ3v) is 7.50. The van der Waals surface area contributed by atoms with Gasteiger partial charge in [0.25, 0.3) is 11.8 Å². The predicted octanol–water partition coefficient (Wildman–Crippen LogP) is 5.46. The summed E-state index contributed by atoms with van der Waals surface area (Å²) in [4.78, 5) is 31.7. The molecule has 1 fully saturated rings. The highest BCUT2D eigenvalue weighted by Crippen LogP contribution is 2.31. The number of anilines is 1. The Balaban J connectivity index is 1.27. The monoisotopic (exact) mass is 513 g/mol. The summed E-state index contributed by atoms with van der Waals surface area (Å²) in [5.74, 6) is 1.18. The number of aryl methyl sites for hydroxylation is 2. The third-order valence-electron chi connectivity index (χ3n) is 6.20. The number of thiazole rings is 1. The fourth-order valence-electron chi connectivity index (χ4n) is 3.93. The number of methoxy groups -OCH3 is 1. The molecule has 9 heteroatoms. The van der Waals surface area contributed by atoms with E-state index in [2.05, 4.69) is 10.3 Å². The molecular weight excluding hydrogens is 486 g/mol. The zero-order valence-corrected chi connectivity index (χ0v) is 21.5. The first-order valence-electron chi connectivity index (χ1n) is 11.4.